The van der Waals surface area contributed by atoms with Gasteiger partial charge in [0.15, 0.2) is 0 Å². The van der Waals surface area contributed by atoms with Crippen molar-refractivity contribution in [1.82, 2.24) is 0 Å². The molecule has 0 saturated heterocycles. The quantitative estimate of drug-likeness (QED) is 0.793. The van der Waals surface area contributed by atoms with Crippen LogP contribution in [0.5, 0.6) is 0 Å². The van der Waals surface area contributed by atoms with E-state index in [1.54, 1.807) is 0 Å². The highest BCUT2D eigenvalue weighted by atomic mass is 14.9. The summed E-state index contributed by atoms with van der Waals surface area (Å²) in [4.78, 5) is 0. The largest absolute Gasteiger partial charge is 0.397 e. The molecule has 2 heteroatoms. The lowest BCUT2D eigenvalue weighted by Crippen LogP contribution is -2.30. The van der Waals surface area contributed by atoms with Crippen LogP contribution >= 0.6 is 0 Å². The SMILES string of the molecule is Cc1cccc(NC(C)C2CC3CCC2C3)c1N. The van der Waals surface area contributed by atoms with Crippen molar-refractivity contribution in [3.05, 3.63) is 23.8 Å². The average molecular weight is 244 g/mol. The molecule has 18 heavy (non-hydrogen) atoms. The Labute approximate surface area is 110 Å². The highest BCUT2D eigenvalue weighted by molar-refractivity contribution is 5.69. The summed E-state index contributed by atoms with van der Waals surface area (Å²) in [5.74, 6) is 2.83. The van der Waals surface area contributed by atoms with Crippen molar-refractivity contribution in [1.29, 1.82) is 0 Å². The summed E-state index contributed by atoms with van der Waals surface area (Å²) < 4.78 is 0. The van der Waals surface area contributed by atoms with E-state index < -0.39 is 0 Å². The fourth-order valence-electron chi connectivity index (χ4n) is 4.07. The maximum atomic E-state index is 6.14. The van der Waals surface area contributed by atoms with Gasteiger partial charge < -0.3 is 11.1 Å². The lowest BCUT2D eigenvalue weighted by Gasteiger charge is -2.29. The minimum atomic E-state index is 0.546. The second-order valence-electron chi connectivity index (χ2n) is 6.31. The minimum Gasteiger partial charge on any atom is -0.397 e. The number of nitrogen functional groups attached to an aromatic ring is 1. The maximum Gasteiger partial charge on any atom is 0.0579 e. The summed E-state index contributed by atoms with van der Waals surface area (Å²) in [6, 6.07) is 6.81. The number of aryl methyl sites for hydroxylation is 1. The van der Waals surface area contributed by atoms with Crippen LogP contribution in [0.4, 0.5) is 11.4 Å². The van der Waals surface area contributed by atoms with Crippen LogP contribution in [-0.2, 0) is 0 Å². The normalized spacial score (nSPS) is 31.6. The second-order valence-corrected chi connectivity index (χ2v) is 6.31. The predicted molar refractivity (Wildman–Crippen MR) is 77.6 cm³/mol. The van der Waals surface area contributed by atoms with Gasteiger partial charge in [-0.2, -0.15) is 0 Å². The second kappa shape index (κ2) is 4.49. The molecular formula is C16H24N2. The third-order valence-corrected chi connectivity index (χ3v) is 5.14. The zero-order valence-corrected chi connectivity index (χ0v) is 11.4. The Morgan fingerprint density at radius 2 is 2.11 bits per heavy atom. The first kappa shape index (κ1) is 11.9. The van der Waals surface area contributed by atoms with E-state index in [4.69, 9.17) is 5.73 Å². The van der Waals surface area contributed by atoms with Gasteiger partial charge in [0.05, 0.1) is 11.4 Å². The van der Waals surface area contributed by atoms with Gasteiger partial charge in [-0.05, 0) is 62.5 Å². The van der Waals surface area contributed by atoms with E-state index >= 15 is 0 Å². The fourth-order valence-corrected chi connectivity index (χ4v) is 4.07. The van der Waals surface area contributed by atoms with Gasteiger partial charge in [-0.3, -0.25) is 0 Å². The Morgan fingerprint density at radius 3 is 2.78 bits per heavy atom. The molecule has 1 aromatic rings. The molecule has 2 fully saturated rings. The molecule has 0 aliphatic heterocycles. The van der Waals surface area contributed by atoms with Crippen molar-refractivity contribution in [2.24, 2.45) is 17.8 Å². The Bertz CT molecular complexity index is 441. The van der Waals surface area contributed by atoms with E-state index in [0.717, 1.165) is 29.1 Å². The van der Waals surface area contributed by atoms with Crippen LogP contribution in [0.25, 0.3) is 0 Å². The third-order valence-electron chi connectivity index (χ3n) is 5.14. The average Bonchev–Trinajstić information content (AvgIpc) is 2.97. The van der Waals surface area contributed by atoms with Crippen LogP contribution in [-0.4, -0.2) is 6.04 Å². The first-order chi connectivity index (χ1) is 8.65. The van der Waals surface area contributed by atoms with E-state index in [1.807, 2.05) is 0 Å². The van der Waals surface area contributed by atoms with Crippen LogP contribution in [0.2, 0.25) is 0 Å². The molecule has 0 heterocycles. The molecule has 0 amide bonds. The highest BCUT2D eigenvalue weighted by Gasteiger charge is 2.41. The Morgan fingerprint density at radius 1 is 1.28 bits per heavy atom. The molecule has 98 valence electrons. The molecule has 0 spiro atoms. The number of nitrogens with one attached hydrogen (secondary N) is 1. The predicted octanol–water partition coefficient (Wildman–Crippen LogP) is 3.81. The monoisotopic (exact) mass is 244 g/mol. The minimum absolute atomic E-state index is 0.546. The van der Waals surface area contributed by atoms with Gasteiger partial charge in [-0.1, -0.05) is 18.6 Å². The topological polar surface area (TPSA) is 38.0 Å². The fraction of sp³-hybridized carbons (Fsp3) is 0.625. The summed E-state index contributed by atoms with van der Waals surface area (Å²) in [5.41, 5.74) is 9.34. The number of hydrogen-bond acceptors (Lipinski definition) is 2. The molecule has 3 rings (SSSR count). The summed E-state index contributed by atoms with van der Waals surface area (Å²) in [5, 5.41) is 3.65. The zero-order valence-electron chi connectivity index (χ0n) is 11.4. The van der Waals surface area contributed by atoms with Crippen molar-refractivity contribution >= 4 is 11.4 Å². The summed E-state index contributed by atoms with van der Waals surface area (Å²) in [6.07, 6.45) is 5.82. The smallest absolute Gasteiger partial charge is 0.0579 e. The van der Waals surface area contributed by atoms with Crippen molar-refractivity contribution in [2.45, 2.75) is 45.6 Å². The molecule has 1 aromatic carbocycles. The molecule has 2 aliphatic carbocycles. The van der Waals surface area contributed by atoms with E-state index in [9.17, 15) is 0 Å². The van der Waals surface area contributed by atoms with Gasteiger partial charge in [-0.15, -0.1) is 0 Å². The number of rotatable bonds is 3. The van der Waals surface area contributed by atoms with Crippen LogP contribution in [0.15, 0.2) is 18.2 Å². The molecule has 4 atom stereocenters. The molecule has 2 bridgehead atoms. The number of para-hydroxylation sites is 1. The molecule has 2 aliphatic rings. The first-order valence-corrected chi connectivity index (χ1v) is 7.26. The molecule has 3 N–H and O–H groups in total. The maximum absolute atomic E-state index is 6.14. The molecule has 2 nitrogen and oxygen atoms in total. The van der Waals surface area contributed by atoms with Crippen molar-refractivity contribution in [3.8, 4) is 0 Å². The van der Waals surface area contributed by atoms with Gasteiger partial charge in [0.25, 0.3) is 0 Å². The molecule has 0 radical (unpaired) electrons. The molecule has 0 aromatic heterocycles. The van der Waals surface area contributed by atoms with Gasteiger partial charge >= 0.3 is 0 Å². The van der Waals surface area contributed by atoms with Gasteiger partial charge in [0.1, 0.15) is 0 Å². The summed E-state index contributed by atoms with van der Waals surface area (Å²) in [7, 11) is 0. The molecular weight excluding hydrogens is 220 g/mol. The first-order valence-electron chi connectivity index (χ1n) is 7.26. The van der Waals surface area contributed by atoms with Crippen molar-refractivity contribution in [3.63, 3.8) is 0 Å². The van der Waals surface area contributed by atoms with Crippen molar-refractivity contribution in [2.75, 3.05) is 11.1 Å². The van der Waals surface area contributed by atoms with Crippen LogP contribution in [0.3, 0.4) is 0 Å². The van der Waals surface area contributed by atoms with E-state index in [-0.39, 0.29) is 0 Å². The molecule has 4 unspecified atom stereocenters. The van der Waals surface area contributed by atoms with Gasteiger partial charge in [-0.25, -0.2) is 0 Å². The third kappa shape index (κ3) is 1.98. The highest BCUT2D eigenvalue weighted by Crippen LogP contribution is 2.50. The molecule has 2 saturated carbocycles. The summed E-state index contributed by atoms with van der Waals surface area (Å²) in [6.45, 7) is 4.40. The van der Waals surface area contributed by atoms with E-state index in [0.29, 0.717) is 6.04 Å². The van der Waals surface area contributed by atoms with E-state index in [1.165, 1.54) is 31.2 Å². The number of hydrogen-bond donors (Lipinski definition) is 2. The Hall–Kier alpha value is -1.18. The van der Waals surface area contributed by atoms with Crippen LogP contribution < -0.4 is 11.1 Å². The number of benzene rings is 1. The van der Waals surface area contributed by atoms with Crippen molar-refractivity contribution < 1.29 is 0 Å². The zero-order chi connectivity index (χ0) is 12.7. The number of fused-ring (bicyclic) bond motifs is 2. The Balaban J connectivity index is 1.71. The summed E-state index contributed by atoms with van der Waals surface area (Å²) >= 11 is 0. The van der Waals surface area contributed by atoms with Crippen LogP contribution in [0, 0.1) is 24.7 Å². The van der Waals surface area contributed by atoms with Gasteiger partial charge in [0, 0.05) is 6.04 Å². The standard InChI is InChI=1S/C16H24N2/c1-10-4-3-5-15(16(10)17)18-11(2)14-9-12-6-7-13(14)8-12/h3-5,11-14,18H,6-9,17H2,1-2H3. The van der Waals surface area contributed by atoms with E-state index in [2.05, 4.69) is 37.4 Å². The lowest BCUT2D eigenvalue weighted by atomic mass is 9.84. The lowest BCUT2D eigenvalue weighted by molar-refractivity contribution is 0.304. The number of nitrogens with two attached hydrogens (primary N) is 1. The van der Waals surface area contributed by atoms with Gasteiger partial charge in [0.2, 0.25) is 0 Å². The van der Waals surface area contributed by atoms with Crippen LogP contribution in [0.1, 0.15) is 38.2 Å². The number of anilines is 2. The Kier molecular flexibility index (Phi) is 2.96.